The minimum atomic E-state index is -0.243. The van der Waals surface area contributed by atoms with Crippen LogP contribution in [0.3, 0.4) is 0 Å². The molecule has 1 N–H and O–H groups in total. The van der Waals surface area contributed by atoms with Crippen molar-refractivity contribution in [3.8, 4) is 0 Å². The van der Waals surface area contributed by atoms with E-state index in [1.807, 2.05) is 6.07 Å². The number of rotatable bonds is 2. The van der Waals surface area contributed by atoms with Crippen LogP contribution in [0.1, 0.15) is 52.7 Å². The standard InChI is InChI=1S/C22H23NO2/c1-25-22(24)16-9-10-18-17(12-16)19-14-7-8-15(11-14)20(19)21(23-18)13-5-3-2-4-6-13/h2-6,9-10,12,14-15,19-21,23H,7-8,11H2,1H3/t14-,15-,19-,20-,21-/m0/s1. The lowest BCUT2D eigenvalue weighted by atomic mass is 9.68. The molecule has 2 aromatic carbocycles. The van der Waals surface area contributed by atoms with Gasteiger partial charge in [-0.3, -0.25) is 0 Å². The summed E-state index contributed by atoms with van der Waals surface area (Å²) in [6, 6.07) is 17.2. The van der Waals surface area contributed by atoms with Crippen LogP contribution in [0, 0.1) is 17.8 Å². The van der Waals surface area contributed by atoms with Crippen molar-refractivity contribution in [1.29, 1.82) is 0 Å². The lowest BCUT2D eigenvalue weighted by Crippen LogP contribution is -2.35. The number of hydrogen-bond acceptors (Lipinski definition) is 3. The number of ether oxygens (including phenoxy) is 1. The summed E-state index contributed by atoms with van der Waals surface area (Å²) in [4.78, 5) is 12.0. The molecule has 3 aliphatic rings. The van der Waals surface area contributed by atoms with Crippen LogP contribution in [0.25, 0.3) is 0 Å². The molecule has 0 aromatic heterocycles. The first-order valence-electron chi connectivity index (χ1n) is 9.30. The SMILES string of the molecule is COC(=O)c1ccc2c(c1)[C@@H]1[C@H]3CC[C@@H](C3)[C@@H]1[C@H](c1ccccc1)N2. The number of esters is 1. The van der Waals surface area contributed by atoms with E-state index in [2.05, 4.69) is 47.8 Å². The topological polar surface area (TPSA) is 38.3 Å². The molecule has 1 aliphatic heterocycles. The molecule has 0 radical (unpaired) electrons. The molecular weight excluding hydrogens is 310 g/mol. The lowest BCUT2D eigenvalue weighted by Gasteiger charge is -2.43. The molecule has 3 nitrogen and oxygen atoms in total. The Hall–Kier alpha value is -2.29. The van der Waals surface area contributed by atoms with Crippen LogP contribution in [0.15, 0.2) is 48.5 Å². The Morgan fingerprint density at radius 2 is 1.88 bits per heavy atom. The molecule has 2 aliphatic carbocycles. The van der Waals surface area contributed by atoms with E-state index in [1.54, 1.807) is 0 Å². The van der Waals surface area contributed by atoms with Crippen molar-refractivity contribution in [3.63, 3.8) is 0 Å². The summed E-state index contributed by atoms with van der Waals surface area (Å²) in [5.74, 6) is 2.50. The largest absolute Gasteiger partial charge is 0.465 e. The van der Waals surface area contributed by atoms with Gasteiger partial charge in [-0.25, -0.2) is 4.79 Å². The van der Waals surface area contributed by atoms with Crippen LogP contribution in [0.4, 0.5) is 5.69 Å². The monoisotopic (exact) mass is 333 g/mol. The summed E-state index contributed by atoms with van der Waals surface area (Å²) >= 11 is 0. The number of benzene rings is 2. The zero-order valence-corrected chi connectivity index (χ0v) is 14.4. The highest BCUT2D eigenvalue weighted by Gasteiger charge is 2.53. The summed E-state index contributed by atoms with van der Waals surface area (Å²) in [7, 11) is 1.45. The van der Waals surface area contributed by atoms with E-state index in [0.29, 0.717) is 23.4 Å². The Morgan fingerprint density at radius 3 is 2.68 bits per heavy atom. The highest BCUT2D eigenvalue weighted by molar-refractivity contribution is 5.90. The molecule has 3 heteroatoms. The Bertz CT molecular complexity index is 816. The maximum Gasteiger partial charge on any atom is 0.337 e. The van der Waals surface area contributed by atoms with Crippen LogP contribution < -0.4 is 5.32 Å². The van der Waals surface area contributed by atoms with Gasteiger partial charge in [0.25, 0.3) is 0 Å². The Balaban J connectivity index is 1.61. The fourth-order valence-corrected chi connectivity index (χ4v) is 5.72. The van der Waals surface area contributed by atoms with E-state index in [4.69, 9.17) is 4.74 Å². The third-order valence-electron chi connectivity index (χ3n) is 6.67. The molecule has 2 saturated carbocycles. The van der Waals surface area contributed by atoms with Gasteiger partial charge in [-0.05, 0) is 72.3 Å². The second-order valence-corrected chi connectivity index (χ2v) is 7.76. The van der Waals surface area contributed by atoms with E-state index in [-0.39, 0.29) is 5.97 Å². The highest BCUT2D eigenvalue weighted by atomic mass is 16.5. The molecule has 2 aromatic rings. The van der Waals surface area contributed by atoms with Gasteiger partial charge in [-0.2, -0.15) is 0 Å². The predicted octanol–water partition coefficient (Wildman–Crippen LogP) is 4.77. The Kier molecular flexibility index (Phi) is 3.37. The number of carbonyl (C=O) groups is 1. The van der Waals surface area contributed by atoms with Crippen LogP contribution in [-0.4, -0.2) is 13.1 Å². The number of nitrogens with one attached hydrogen (secondary N) is 1. The van der Waals surface area contributed by atoms with E-state index in [1.165, 1.54) is 43.2 Å². The first-order chi connectivity index (χ1) is 12.3. The molecule has 0 spiro atoms. The number of fused-ring (bicyclic) bond motifs is 7. The number of carbonyl (C=O) groups excluding carboxylic acids is 1. The fourth-order valence-electron chi connectivity index (χ4n) is 5.72. The summed E-state index contributed by atoms with van der Waals surface area (Å²) < 4.78 is 4.93. The molecule has 0 amide bonds. The average molecular weight is 333 g/mol. The molecule has 0 saturated heterocycles. The van der Waals surface area contributed by atoms with Gasteiger partial charge in [0.1, 0.15) is 0 Å². The van der Waals surface area contributed by atoms with Crippen LogP contribution in [-0.2, 0) is 4.74 Å². The van der Waals surface area contributed by atoms with Gasteiger partial charge in [0, 0.05) is 5.69 Å². The number of hydrogen-bond donors (Lipinski definition) is 1. The van der Waals surface area contributed by atoms with Crippen LogP contribution >= 0.6 is 0 Å². The van der Waals surface area contributed by atoms with Crippen LogP contribution in [0.2, 0.25) is 0 Å². The number of anilines is 1. The van der Waals surface area contributed by atoms with Crippen molar-refractivity contribution >= 4 is 11.7 Å². The van der Waals surface area contributed by atoms with Gasteiger partial charge in [0.2, 0.25) is 0 Å². The molecule has 1 heterocycles. The molecule has 2 bridgehead atoms. The van der Waals surface area contributed by atoms with E-state index in [9.17, 15) is 4.79 Å². The quantitative estimate of drug-likeness (QED) is 0.805. The van der Waals surface area contributed by atoms with Crippen LogP contribution in [0.5, 0.6) is 0 Å². The normalized spacial score (nSPS) is 31.8. The van der Waals surface area contributed by atoms with Gasteiger partial charge in [-0.15, -0.1) is 0 Å². The molecular formula is C22H23NO2. The van der Waals surface area contributed by atoms with E-state index in [0.717, 1.165) is 11.8 Å². The van der Waals surface area contributed by atoms with Gasteiger partial charge >= 0.3 is 5.97 Å². The average Bonchev–Trinajstić information content (AvgIpc) is 3.29. The van der Waals surface area contributed by atoms with Gasteiger partial charge in [0.15, 0.2) is 0 Å². The second-order valence-electron chi connectivity index (χ2n) is 7.76. The Morgan fingerprint density at radius 1 is 1.08 bits per heavy atom. The van der Waals surface area contributed by atoms with Crippen molar-refractivity contribution in [2.45, 2.75) is 31.2 Å². The predicted molar refractivity (Wildman–Crippen MR) is 97.6 cm³/mol. The lowest BCUT2D eigenvalue weighted by molar-refractivity contribution is 0.0600. The van der Waals surface area contributed by atoms with Crippen molar-refractivity contribution in [1.82, 2.24) is 0 Å². The van der Waals surface area contributed by atoms with Crippen molar-refractivity contribution in [2.24, 2.45) is 17.8 Å². The zero-order valence-electron chi connectivity index (χ0n) is 14.4. The van der Waals surface area contributed by atoms with Gasteiger partial charge in [-0.1, -0.05) is 30.3 Å². The van der Waals surface area contributed by atoms with Gasteiger partial charge < -0.3 is 10.1 Å². The molecule has 5 rings (SSSR count). The van der Waals surface area contributed by atoms with Gasteiger partial charge in [0.05, 0.1) is 18.7 Å². The molecule has 5 atom stereocenters. The van der Waals surface area contributed by atoms with E-state index >= 15 is 0 Å². The summed E-state index contributed by atoms with van der Waals surface area (Å²) in [5.41, 5.74) is 4.57. The van der Waals surface area contributed by atoms with Crippen molar-refractivity contribution in [2.75, 3.05) is 12.4 Å². The summed E-state index contributed by atoms with van der Waals surface area (Å²) in [5, 5.41) is 3.80. The molecule has 0 unspecified atom stereocenters. The second kappa shape index (κ2) is 5.62. The first-order valence-corrected chi connectivity index (χ1v) is 9.30. The summed E-state index contributed by atoms with van der Waals surface area (Å²) in [6.45, 7) is 0. The smallest absolute Gasteiger partial charge is 0.337 e. The summed E-state index contributed by atoms with van der Waals surface area (Å²) in [6.07, 6.45) is 4.01. The Labute approximate surface area is 148 Å². The fraction of sp³-hybridized carbons (Fsp3) is 0.409. The maximum absolute atomic E-state index is 12.0. The number of methoxy groups -OCH3 is 1. The first kappa shape index (κ1) is 15.0. The zero-order chi connectivity index (χ0) is 17.0. The maximum atomic E-state index is 12.0. The van der Waals surface area contributed by atoms with E-state index < -0.39 is 0 Å². The van der Waals surface area contributed by atoms with Crippen molar-refractivity contribution in [3.05, 3.63) is 65.2 Å². The van der Waals surface area contributed by atoms with Crippen molar-refractivity contribution < 1.29 is 9.53 Å². The third-order valence-corrected chi connectivity index (χ3v) is 6.67. The molecule has 128 valence electrons. The molecule has 25 heavy (non-hydrogen) atoms. The minimum Gasteiger partial charge on any atom is -0.465 e. The highest BCUT2D eigenvalue weighted by Crippen LogP contribution is 2.63. The minimum absolute atomic E-state index is 0.243. The third kappa shape index (κ3) is 2.21. The molecule has 2 fully saturated rings.